The maximum Gasteiger partial charge on any atom is 0.335 e. The third-order valence-corrected chi connectivity index (χ3v) is 5.05. The summed E-state index contributed by atoms with van der Waals surface area (Å²) in [6, 6.07) is 10.8. The van der Waals surface area contributed by atoms with Crippen LogP contribution >= 0.6 is 0 Å². The Morgan fingerprint density at radius 2 is 1.62 bits per heavy atom. The molecule has 1 saturated heterocycles. The average molecular weight is 446 g/mol. The summed E-state index contributed by atoms with van der Waals surface area (Å²) in [5, 5.41) is 59.2. The molecule has 11 nitrogen and oxygen atoms in total. The minimum atomic E-state index is -1.94. The Hall–Kier alpha value is -3.64. The van der Waals surface area contributed by atoms with Gasteiger partial charge in [0.15, 0.2) is 23.0 Å². The number of carbonyl (C=O) groups is 1. The molecule has 11 heteroatoms. The summed E-state index contributed by atoms with van der Waals surface area (Å²) < 4.78 is 16.0. The molecule has 1 aliphatic rings. The van der Waals surface area contributed by atoms with Gasteiger partial charge in [0, 0.05) is 17.7 Å². The number of aromatic hydroxyl groups is 2. The molecular weight excluding hydrogens is 428 g/mol. The zero-order valence-electron chi connectivity index (χ0n) is 16.2. The lowest BCUT2D eigenvalue weighted by atomic mass is 9.99. The number of fused-ring (bicyclic) bond motifs is 1. The van der Waals surface area contributed by atoms with E-state index in [1.54, 1.807) is 30.3 Å². The predicted octanol–water partition coefficient (Wildman–Crippen LogP) is 0.142. The summed E-state index contributed by atoms with van der Waals surface area (Å²) in [4.78, 5) is 23.8. The van der Waals surface area contributed by atoms with Crippen molar-refractivity contribution in [2.75, 3.05) is 0 Å². The molecule has 0 radical (unpaired) electrons. The molecule has 32 heavy (non-hydrogen) atoms. The van der Waals surface area contributed by atoms with Gasteiger partial charge in [-0.15, -0.1) is 0 Å². The van der Waals surface area contributed by atoms with Crippen LogP contribution in [0.4, 0.5) is 0 Å². The van der Waals surface area contributed by atoms with Crippen LogP contribution in [0.5, 0.6) is 17.2 Å². The van der Waals surface area contributed by atoms with Crippen LogP contribution in [0.15, 0.2) is 51.7 Å². The lowest BCUT2D eigenvalue weighted by Gasteiger charge is -2.38. The van der Waals surface area contributed by atoms with Gasteiger partial charge in [-0.3, -0.25) is 4.79 Å². The fourth-order valence-electron chi connectivity index (χ4n) is 3.38. The van der Waals surface area contributed by atoms with E-state index in [4.69, 9.17) is 19.0 Å². The van der Waals surface area contributed by atoms with E-state index in [1.165, 1.54) is 0 Å². The van der Waals surface area contributed by atoms with Crippen LogP contribution in [-0.2, 0) is 9.53 Å². The summed E-state index contributed by atoms with van der Waals surface area (Å²) in [6.07, 6.45) is -9.56. The molecule has 2 unspecified atom stereocenters. The van der Waals surface area contributed by atoms with Gasteiger partial charge in [-0.05, 0) is 0 Å². The van der Waals surface area contributed by atoms with Crippen molar-refractivity contribution in [3.63, 3.8) is 0 Å². The smallest absolute Gasteiger partial charge is 0.335 e. The Kier molecular flexibility index (Phi) is 5.48. The molecule has 3 aromatic rings. The van der Waals surface area contributed by atoms with Crippen molar-refractivity contribution in [1.29, 1.82) is 0 Å². The van der Waals surface area contributed by atoms with Crippen LogP contribution in [0.2, 0.25) is 0 Å². The van der Waals surface area contributed by atoms with Crippen LogP contribution in [0.25, 0.3) is 22.3 Å². The monoisotopic (exact) mass is 446 g/mol. The summed E-state index contributed by atoms with van der Waals surface area (Å²) in [5.74, 6) is -3.76. The van der Waals surface area contributed by atoms with Crippen molar-refractivity contribution < 1.29 is 49.3 Å². The second-order valence-corrected chi connectivity index (χ2v) is 7.14. The Morgan fingerprint density at radius 3 is 2.28 bits per heavy atom. The van der Waals surface area contributed by atoms with E-state index in [0.717, 1.165) is 12.1 Å². The quantitative estimate of drug-likeness (QED) is 0.299. The number of benzene rings is 2. The molecule has 0 saturated carbocycles. The largest absolute Gasteiger partial charge is 0.504 e. The van der Waals surface area contributed by atoms with Crippen molar-refractivity contribution in [1.82, 2.24) is 0 Å². The zero-order valence-corrected chi connectivity index (χ0v) is 16.2. The third kappa shape index (κ3) is 3.63. The van der Waals surface area contributed by atoms with E-state index < -0.39 is 59.4 Å². The van der Waals surface area contributed by atoms with Crippen molar-refractivity contribution >= 4 is 16.9 Å². The second-order valence-electron chi connectivity index (χ2n) is 7.14. The minimum Gasteiger partial charge on any atom is -0.504 e. The summed E-state index contributed by atoms with van der Waals surface area (Å²) in [7, 11) is 0. The van der Waals surface area contributed by atoms with Gasteiger partial charge in [0.05, 0.1) is 0 Å². The molecule has 4 rings (SSSR count). The minimum absolute atomic E-state index is 0.164. The molecule has 0 amide bonds. The molecule has 2 aromatic carbocycles. The number of hydrogen-bond donors (Lipinski definition) is 6. The molecule has 1 aromatic heterocycles. The molecule has 168 valence electrons. The highest BCUT2D eigenvalue weighted by Crippen LogP contribution is 2.42. The summed E-state index contributed by atoms with van der Waals surface area (Å²) in [5.41, 5.74) is -0.265. The SMILES string of the molecule is O=C(O)C1O[C@@H](Oc2cc3oc(-c4ccccc4)cc(=O)c3c(O)c2O)C(O)[C@H](O)[C@@H]1O. The number of ether oxygens (including phenoxy) is 2. The summed E-state index contributed by atoms with van der Waals surface area (Å²) >= 11 is 0. The molecule has 1 aliphatic heterocycles. The van der Waals surface area contributed by atoms with E-state index in [1.807, 2.05) is 0 Å². The van der Waals surface area contributed by atoms with Gasteiger partial charge in [0.1, 0.15) is 35.0 Å². The van der Waals surface area contributed by atoms with Crippen molar-refractivity contribution in [3.8, 4) is 28.6 Å². The van der Waals surface area contributed by atoms with E-state index in [0.29, 0.717) is 5.56 Å². The highest BCUT2D eigenvalue weighted by Gasteiger charge is 2.48. The molecular formula is C21H18O11. The maximum absolute atomic E-state index is 12.5. The molecule has 0 bridgehead atoms. The van der Waals surface area contributed by atoms with Gasteiger partial charge < -0.3 is 44.5 Å². The van der Waals surface area contributed by atoms with Gasteiger partial charge in [0.25, 0.3) is 0 Å². The van der Waals surface area contributed by atoms with Crippen molar-refractivity contribution in [2.24, 2.45) is 0 Å². The summed E-state index contributed by atoms with van der Waals surface area (Å²) in [6.45, 7) is 0. The average Bonchev–Trinajstić information content (AvgIpc) is 2.77. The Balaban J connectivity index is 1.77. The number of aliphatic hydroxyl groups is 3. The van der Waals surface area contributed by atoms with Gasteiger partial charge in [0.2, 0.25) is 12.0 Å². The van der Waals surface area contributed by atoms with E-state index in [2.05, 4.69) is 0 Å². The highest BCUT2D eigenvalue weighted by molar-refractivity contribution is 5.89. The number of aliphatic carboxylic acids is 1. The maximum atomic E-state index is 12.5. The first-order valence-electron chi connectivity index (χ1n) is 9.36. The topological polar surface area (TPSA) is 187 Å². The standard InChI is InChI=1S/C21H18O11/c22-9-6-10(8-4-2-1-3-5-8)30-11-7-12(14(23)15(24)13(9)11)31-21-18(27)16(25)17(26)19(32-21)20(28)29/h1-7,16-19,21,23-27H,(H,28,29)/t16-,17+,18?,19?,21-/m1/s1. The van der Waals surface area contributed by atoms with Gasteiger partial charge in [-0.1, -0.05) is 30.3 Å². The second kappa shape index (κ2) is 8.13. The fourth-order valence-corrected chi connectivity index (χ4v) is 3.38. The number of aliphatic hydroxyl groups excluding tert-OH is 3. The molecule has 6 N–H and O–H groups in total. The molecule has 1 fully saturated rings. The van der Waals surface area contributed by atoms with Gasteiger partial charge in [-0.25, -0.2) is 4.79 Å². The Bertz CT molecular complexity index is 1220. The number of carboxylic acid groups (broad SMARTS) is 1. The third-order valence-electron chi connectivity index (χ3n) is 5.05. The van der Waals surface area contributed by atoms with Gasteiger partial charge in [-0.2, -0.15) is 0 Å². The van der Waals surface area contributed by atoms with Crippen LogP contribution in [0.1, 0.15) is 0 Å². The van der Waals surface area contributed by atoms with E-state index >= 15 is 0 Å². The molecule has 2 heterocycles. The van der Waals surface area contributed by atoms with E-state index in [9.17, 15) is 35.1 Å². The first-order chi connectivity index (χ1) is 15.2. The van der Waals surface area contributed by atoms with Crippen LogP contribution in [0.3, 0.4) is 0 Å². The molecule has 0 spiro atoms. The molecule has 5 atom stereocenters. The highest BCUT2D eigenvalue weighted by atomic mass is 16.7. The number of rotatable bonds is 4. The number of hydrogen-bond acceptors (Lipinski definition) is 10. The van der Waals surface area contributed by atoms with Crippen molar-refractivity contribution in [2.45, 2.75) is 30.7 Å². The van der Waals surface area contributed by atoms with Crippen LogP contribution in [0, 0.1) is 0 Å². The lowest BCUT2D eigenvalue weighted by molar-refractivity contribution is -0.271. The fraction of sp³-hybridized carbons (Fsp3) is 0.238. The van der Waals surface area contributed by atoms with Crippen LogP contribution in [-0.4, -0.2) is 67.3 Å². The Labute approximate surface area is 178 Å². The zero-order chi connectivity index (χ0) is 23.2. The van der Waals surface area contributed by atoms with E-state index in [-0.39, 0.29) is 16.7 Å². The number of carboxylic acids is 1. The number of phenols is 2. The number of phenolic OH excluding ortho intramolecular Hbond substituents is 2. The first kappa shape index (κ1) is 21.6. The lowest BCUT2D eigenvalue weighted by Crippen LogP contribution is -2.61. The molecule has 0 aliphatic carbocycles. The first-order valence-corrected chi connectivity index (χ1v) is 9.36. The van der Waals surface area contributed by atoms with Crippen molar-refractivity contribution in [3.05, 3.63) is 52.7 Å². The normalized spacial score (nSPS) is 25.5. The Morgan fingerprint density at radius 1 is 0.938 bits per heavy atom. The predicted molar refractivity (Wildman–Crippen MR) is 106 cm³/mol. The van der Waals surface area contributed by atoms with Crippen LogP contribution < -0.4 is 10.2 Å². The van der Waals surface area contributed by atoms with Gasteiger partial charge >= 0.3 is 5.97 Å².